The Kier molecular flexibility index (Phi) is 4.40. The summed E-state index contributed by atoms with van der Waals surface area (Å²) in [6.45, 7) is 2.49. The maximum absolute atomic E-state index is 12.3. The molecule has 2 aromatic rings. The third kappa shape index (κ3) is 3.46. The summed E-state index contributed by atoms with van der Waals surface area (Å²) in [6, 6.07) is 10.5. The molecule has 0 bridgehead atoms. The van der Waals surface area contributed by atoms with Crippen LogP contribution in [0.4, 0.5) is 0 Å². The Labute approximate surface area is 117 Å². The number of ketones is 1. The van der Waals surface area contributed by atoms with Gasteiger partial charge < -0.3 is 4.42 Å². The summed E-state index contributed by atoms with van der Waals surface area (Å²) in [5, 5.41) is 0.633. The number of halogens is 1. The Bertz CT molecular complexity index is 534. The molecule has 0 fully saturated rings. The van der Waals surface area contributed by atoms with Crippen molar-refractivity contribution in [1.29, 1.82) is 0 Å². The number of Topliss-reactive ketones (excluding diaryl/α,β-unsaturated/α-hetero) is 1. The normalized spacial score (nSPS) is 12.6. The number of hydrogen-bond acceptors (Lipinski definition) is 3. The second-order valence-electron chi connectivity index (χ2n) is 4.54. The molecule has 1 aromatic carbocycles. The van der Waals surface area contributed by atoms with Crippen molar-refractivity contribution in [3.8, 4) is 0 Å². The highest BCUT2D eigenvalue weighted by atomic mass is 35.5. The largest absolute Gasteiger partial charge is 0.468 e. The van der Waals surface area contributed by atoms with E-state index in [0.717, 1.165) is 5.76 Å². The molecule has 2 rings (SSSR count). The number of rotatable bonds is 5. The predicted molar refractivity (Wildman–Crippen MR) is 75.4 cm³/mol. The van der Waals surface area contributed by atoms with Gasteiger partial charge >= 0.3 is 0 Å². The van der Waals surface area contributed by atoms with Crippen LogP contribution in [-0.4, -0.2) is 23.8 Å². The van der Waals surface area contributed by atoms with Crippen LogP contribution in [0.2, 0.25) is 5.02 Å². The van der Waals surface area contributed by atoms with E-state index in [0.29, 0.717) is 17.1 Å². The molecule has 0 aliphatic heterocycles. The Morgan fingerprint density at radius 2 is 2.00 bits per heavy atom. The molecule has 0 saturated carbocycles. The van der Waals surface area contributed by atoms with Gasteiger partial charge in [-0.2, -0.15) is 0 Å². The van der Waals surface area contributed by atoms with Crippen LogP contribution >= 0.6 is 11.6 Å². The highest BCUT2D eigenvalue weighted by Crippen LogP contribution is 2.14. The van der Waals surface area contributed by atoms with Crippen molar-refractivity contribution in [2.45, 2.75) is 19.5 Å². The summed E-state index contributed by atoms with van der Waals surface area (Å²) in [5.74, 6) is 0.920. The Morgan fingerprint density at radius 3 is 2.58 bits per heavy atom. The molecule has 1 atom stereocenters. The van der Waals surface area contributed by atoms with Crippen molar-refractivity contribution in [3.05, 3.63) is 59.0 Å². The van der Waals surface area contributed by atoms with Gasteiger partial charge in [-0.25, -0.2) is 0 Å². The number of carbonyl (C=O) groups is 1. The first kappa shape index (κ1) is 13.8. The quantitative estimate of drug-likeness (QED) is 0.783. The Morgan fingerprint density at radius 1 is 1.32 bits per heavy atom. The lowest BCUT2D eigenvalue weighted by molar-refractivity contribution is 0.0855. The number of likely N-dealkylation sites (N-methyl/N-ethyl adjacent to an activating group) is 1. The molecule has 1 heterocycles. The van der Waals surface area contributed by atoms with Gasteiger partial charge in [-0.05, 0) is 50.4 Å². The van der Waals surface area contributed by atoms with Crippen molar-refractivity contribution >= 4 is 17.4 Å². The minimum Gasteiger partial charge on any atom is -0.468 e. The molecule has 0 aliphatic rings. The topological polar surface area (TPSA) is 33.5 Å². The van der Waals surface area contributed by atoms with E-state index < -0.39 is 0 Å². The number of hydrogen-bond donors (Lipinski definition) is 0. The smallest absolute Gasteiger partial charge is 0.179 e. The average molecular weight is 278 g/mol. The van der Waals surface area contributed by atoms with Crippen LogP contribution < -0.4 is 0 Å². The third-order valence-corrected chi connectivity index (χ3v) is 3.41. The minimum absolute atomic E-state index is 0.0747. The zero-order valence-electron chi connectivity index (χ0n) is 11.0. The Hall–Kier alpha value is -1.58. The van der Waals surface area contributed by atoms with E-state index in [1.807, 2.05) is 31.0 Å². The van der Waals surface area contributed by atoms with Crippen LogP contribution in [0.1, 0.15) is 23.0 Å². The van der Waals surface area contributed by atoms with Crippen LogP contribution in [0.15, 0.2) is 47.1 Å². The van der Waals surface area contributed by atoms with Crippen LogP contribution in [0.25, 0.3) is 0 Å². The second-order valence-corrected chi connectivity index (χ2v) is 4.98. The lowest BCUT2D eigenvalue weighted by Gasteiger charge is -2.22. The fraction of sp³-hybridized carbons (Fsp3) is 0.267. The fourth-order valence-electron chi connectivity index (χ4n) is 1.84. The van der Waals surface area contributed by atoms with Crippen molar-refractivity contribution in [2.24, 2.45) is 0 Å². The first-order chi connectivity index (χ1) is 9.08. The average Bonchev–Trinajstić information content (AvgIpc) is 2.90. The van der Waals surface area contributed by atoms with Gasteiger partial charge in [0.1, 0.15) is 5.76 Å². The number of furan rings is 1. The maximum atomic E-state index is 12.3. The molecule has 0 N–H and O–H groups in total. The molecular weight excluding hydrogens is 262 g/mol. The van der Waals surface area contributed by atoms with Crippen molar-refractivity contribution in [3.63, 3.8) is 0 Å². The highest BCUT2D eigenvalue weighted by molar-refractivity contribution is 6.30. The minimum atomic E-state index is -0.216. The van der Waals surface area contributed by atoms with Gasteiger partial charge in [-0.1, -0.05) is 11.6 Å². The van der Waals surface area contributed by atoms with Crippen molar-refractivity contribution in [1.82, 2.24) is 4.90 Å². The summed E-state index contributed by atoms with van der Waals surface area (Å²) < 4.78 is 5.29. The van der Waals surface area contributed by atoms with E-state index in [4.69, 9.17) is 16.0 Å². The van der Waals surface area contributed by atoms with E-state index in [9.17, 15) is 4.79 Å². The lowest BCUT2D eigenvalue weighted by Crippen LogP contribution is -2.35. The highest BCUT2D eigenvalue weighted by Gasteiger charge is 2.20. The van der Waals surface area contributed by atoms with Gasteiger partial charge in [0.2, 0.25) is 0 Å². The third-order valence-electron chi connectivity index (χ3n) is 3.15. The summed E-state index contributed by atoms with van der Waals surface area (Å²) in [4.78, 5) is 14.3. The monoisotopic (exact) mass is 277 g/mol. The molecule has 4 heteroatoms. The summed E-state index contributed by atoms with van der Waals surface area (Å²) in [6.07, 6.45) is 1.63. The predicted octanol–water partition coefficient (Wildman–Crippen LogP) is 3.64. The Balaban J connectivity index is 2.04. The van der Waals surface area contributed by atoms with Crippen molar-refractivity contribution < 1.29 is 9.21 Å². The van der Waals surface area contributed by atoms with Crippen molar-refractivity contribution in [2.75, 3.05) is 7.05 Å². The number of nitrogens with zero attached hydrogens (tertiary/aromatic N) is 1. The molecule has 100 valence electrons. The van der Waals surface area contributed by atoms with Crippen LogP contribution in [0.5, 0.6) is 0 Å². The molecule has 19 heavy (non-hydrogen) atoms. The van der Waals surface area contributed by atoms with E-state index in [2.05, 4.69) is 0 Å². The van der Waals surface area contributed by atoms with Gasteiger partial charge in [0, 0.05) is 10.6 Å². The first-order valence-electron chi connectivity index (χ1n) is 6.10. The molecule has 0 spiro atoms. The molecule has 1 unspecified atom stereocenters. The number of carbonyl (C=O) groups excluding carboxylic acids is 1. The summed E-state index contributed by atoms with van der Waals surface area (Å²) in [7, 11) is 1.90. The van der Waals surface area contributed by atoms with Gasteiger partial charge in [-0.15, -0.1) is 0 Å². The van der Waals surface area contributed by atoms with Crippen LogP contribution in [0, 0.1) is 0 Å². The van der Waals surface area contributed by atoms with Gasteiger partial charge in [-0.3, -0.25) is 9.69 Å². The van der Waals surface area contributed by atoms with E-state index in [1.165, 1.54) is 0 Å². The van der Waals surface area contributed by atoms with Gasteiger partial charge in [0.15, 0.2) is 5.78 Å². The fourth-order valence-corrected chi connectivity index (χ4v) is 1.97. The van der Waals surface area contributed by atoms with E-state index in [-0.39, 0.29) is 11.8 Å². The van der Waals surface area contributed by atoms with E-state index >= 15 is 0 Å². The summed E-state index contributed by atoms with van der Waals surface area (Å²) >= 11 is 5.82. The standard InChI is InChI=1S/C15H16ClNO2/c1-11(17(2)10-14-4-3-9-19-14)15(18)12-5-7-13(16)8-6-12/h3-9,11H,10H2,1-2H3. The SMILES string of the molecule is CC(C(=O)c1ccc(Cl)cc1)N(C)Cc1ccco1. The zero-order chi connectivity index (χ0) is 13.8. The molecule has 3 nitrogen and oxygen atoms in total. The number of benzene rings is 1. The van der Waals surface area contributed by atoms with Gasteiger partial charge in [0.25, 0.3) is 0 Å². The second kappa shape index (κ2) is 6.04. The molecule has 1 aromatic heterocycles. The molecule has 0 aliphatic carbocycles. The zero-order valence-corrected chi connectivity index (χ0v) is 11.7. The molecule has 0 saturated heterocycles. The lowest BCUT2D eigenvalue weighted by atomic mass is 10.0. The van der Waals surface area contributed by atoms with E-state index in [1.54, 1.807) is 30.5 Å². The first-order valence-corrected chi connectivity index (χ1v) is 6.48. The van der Waals surface area contributed by atoms with Crippen LogP contribution in [0.3, 0.4) is 0 Å². The maximum Gasteiger partial charge on any atom is 0.179 e. The summed E-state index contributed by atoms with van der Waals surface area (Å²) in [5.41, 5.74) is 0.670. The molecule has 0 amide bonds. The van der Waals surface area contributed by atoms with Gasteiger partial charge in [0.05, 0.1) is 18.8 Å². The molecular formula is C15H16ClNO2. The van der Waals surface area contributed by atoms with Crippen LogP contribution in [-0.2, 0) is 6.54 Å². The molecule has 0 radical (unpaired) electrons.